The van der Waals surface area contributed by atoms with Crippen LogP contribution in [0.1, 0.15) is 25.8 Å². The van der Waals surface area contributed by atoms with Crippen molar-refractivity contribution in [3.05, 3.63) is 41.3 Å². The molecule has 8 nitrogen and oxygen atoms in total. The number of sulfonamides is 1. The Bertz CT molecular complexity index is 784. The lowest BCUT2D eigenvalue weighted by Gasteiger charge is -2.35. The Kier molecular flexibility index (Phi) is 8.16. The van der Waals surface area contributed by atoms with E-state index in [9.17, 15) is 18.0 Å². The lowest BCUT2D eigenvalue weighted by atomic mass is 10.2. The maximum Gasteiger partial charge on any atom is 0.307 e. The molecule has 9 heteroatoms. The molecule has 1 aromatic rings. The topological polar surface area (TPSA) is 102 Å². The molecule has 1 aromatic carbocycles. The minimum Gasteiger partial charge on any atom is -0.456 e. The van der Waals surface area contributed by atoms with Crippen LogP contribution in [0, 0.1) is 0 Å². The van der Waals surface area contributed by atoms with Gasteiger partial charge >= 0.3 is 5.97 Å². The molecule has 1 aliphatic rings. The van der Waals surface area contributed by atoms with Gasteiger partial charge in [0, 0.05) is 25.0 Å². The van der Waals surface area contributed by atoms with Crippen LogP contribution in [0.25, 0.3) is 6.08 Å². The average Bonchev–Trinajstić information content (AvgIpc) is 2.64. The highest BCUT2D eigenvalue weighted by molar-refractivity contribution is 7.92. The van der Waals surface area contributed by atoms with E-state index in [1.54, 1.807) is 29.2 Å². The number of hydrogen-bond donors (Lipinski definition) is 1. The first-order chi connectivity index (χ1) is 13.2. The Balaban J connectivity index is 1.69. The number of carbonyl (C=O) groups excluding carboxylic acids is 2. The third-order valence-corrected chi connectivity index (χ3v) is 5.10. The molecule has 0 unspecified atom stereocenters. The summed E-state index contributed by atoms with van der Waals surface area (Å²) in [4.78, 5) is 25.5. The van der Waals surface area contributed by atoms with E-state index in [0.29, 0.717) is 13.1 Å². The van der Waals surface area contributed by atoms with Crippen LogP contribution in [-0.2, 0) is 29.1 Å². The van der Waals surface area contributed by atoms with Crippen LogP contribution in [0.4, 0.5) is 0 Å². The first-order valence-electron chi connectivity index (χ1n) is 9.07. The lowest BCUT2D eigenvalue weighted by Crippen LogP contribution is -2.49. The zero-order valence-electron chi connectivity index (χ0n) is 16.0. The van der Waals surface area contributed by atoms with Crippen molar-refractivity contribution >= 4 is 28.0 Å². The van der Waals surface area contributed by atoms with Gasteiger partial charge in [0.1, 0.15) is 0 Å². The summed E-state index contributed by atoms with van der Waals surface area (Å²) in [7, 11) is -3.66. The predicted molar refractivity (Wildman–Crippen MR) is 105 cm³/mol. The van der Waals surface area contributed by atoms with Gasteiger partial charge < -0.3 is 14.4 Å². The summed E-state index contributed by atoms with van der Waals surface area (Å²) >= 11 is 0. The summed E-state index contributed by atoms with van der Waals surface area (Å²) in [5.74, 6) is -0.931. The van der Waals surface area contributed by atoms with Gasteiger partial charge in [0.05, 0.1) is 18.6 Å². The Morgan fingerprint density at radius 3 is 2.50 bits per heavy atom. The second kappa shape index (κ2) is 10.4. The number of morpholine rings is 1. The van der Waals surface area contributed by atoms with Gasteiger partial charge in [0.2, 0.25) is 10.0 Å². The highest BCUT2D eigenvalue weighted by Gasteiger charge is 2.26. The molecule has 1 fully saturated rings. The van der Waals surface area contributed by atoms with Gasteiger partial charge in [-0.15, -0.1) is 0 Å². The fourth-order valence-electron chi connectivity index (χ4n) is 2.76. The van der Waals surface area contributed by atoms with Gasteiger partial charge in [0.25, 0.3) is 5.91 Å². The molecule has 1 aliphatic heterocycles. The molecule has 154 valence electrons. The molecule has 0 aromatic heterocycles. The molecule has 0 saturated carbocycles. The van der Waals surface area contributed by atoms with Crippen molar-refractivity contribution < 1.29 is 27.5 Å². The molecule has 0 aliphatic carbocycles. The Morgan fingerprint density at radius 1 is 1.21 bits per heavy atom. The number of ether oxygens (including phenoxy) is 2. The SMILES string of the molecule is C[C@H]1CN(C(=O)COC(=O)CCNS(=O)(=O)/C=C/c2ccccc2)C[C@H](C)O1. The third kappa shape index (κ3) is 7.79. The zero-order valence-corrected chi connectivity index (χ0v) is 16.9. The highest BCUT2D eigenvalue weighted by Crippen LogP contribution is 2.10. The molecule has 28 heavy (non-hydrogen) atoms. The number of nitrogens with one attached hydrogen (secondary N) is 1. The average molecular weight is 410 g/mol. The molecule has 1 N–H and O–H groups in total. The van der Waals surface area contributed by atoms with Gasteiger partial charge in [0.15, 0.2) is 6.61 Å². The smallest absolute Gasteiger partial charge is 0.307 e. The van der Waals surface area contributed by atoms with Crippen molar-refractivity contribution in [1.29, 1.82) is 0 Å². The molecular weight excluding hydrogens is 384 g/mol. The normalized spacial score (nSPS) is 20.3. The number of amides is 1. The second-order valence-corrected chi connectivity index (χ2v) is 8.27. The summed E-state index contributed by atoms with van der Waals surface area (Å²) in [5, 5.41) is 1.04. The molecule has 1 heterocycles. The summed E-state index contributed by atoms with van der Waals surface area (Å²) < 4.78 is 36.6. The molecule has 1 amide bonds. The molecule has 0 spiro atoms. The minimum absolute atomic E-state index is 0.0678. The van der Waals surface area contributed by atoms with E-state index >= 15 is 0 Å². The highest BCUT2D eigenvalue weighted by atomic mass is 32.2. The van der Waals surface area contributed by atoms with E-state index < -0.39 is 16.0 Å². The van der Waals surface area contributed by atoms with Gasteiger partial charge in [-0.3, -0.25) is 9.59 Å². The van der Waals surface area contributed by atoms with Crippen molar-refractivity contribution in [2.75, 3.05) is 26.2 Å². The Labute approximate surface area is 165 Å². The van der Waals surface area contributed by atoms with Gasteiger partial charge in [-0.05, 0) is 25.5 Å². The zero-order chi connectivity index (χ0) is 20.6. The van der Waals surface area contributed by atoms with E-state index in [-0.39, 0.29) is 37.7 Å². The number of esters is 1. The standard InChI is InChI=1S/C19H26N2O6S/c1-15-12-21(13-16(2)27-15)18(22)14-26-19(23)8-10-20-28(24,25)11-9-17-6-4-3-5-7-17/h3-7,9,11,15-16,20H,8,10,12-14H2,1-2H3/b11-9+/t15-,16-/m0/s1. The summed E-state index contributed by atoms with van der Waals surface area (Å²) in [6, 6.07) is 8.98. The van der Waals surface area contributed by atoms with E-state index in [4.69, 9.17) is 9.47 Å². The fraction of sp³-hybridized carbons (Fsp3) is 0.474. The number of nitrogens with zero attached hydrogens (tertiary/aromatic N) is 1. The van der Waals surface area contributed by atoms with E-state index in [1.165, 1.54) is 6.08 Å². The summed E-state index contributed by atoms with van der Waals surface area (Å²) in [6.07, 6.45) is 1.16. The second-order valence-electron chi connectivity index (χ2n) is 6.62. The van der Waals surface area contributed by atoms with Crippen molar-refractivity contribution in [2.24, 2.45) is 0 Å². The summed E-state index contributed by atoms with van der Waals surface area (Å²) in [5.41, 5.74) is 0.748. The number of benzene rings is 1. The molecule has 2 atom stereocenters. The maximum absolute atomic E-state index is 12.1. The number of carbonyl (C=O) groups is 2. The van der Waals surface area contributed by atoms with Crippen LogP contribution in [0.3, 0.4) is 0 Å². The van der Waals surface area contributed by atoms with Crippen molar-refractivity contribution in [3.8, 4) is 0 Å². The Hall–Kier alpha value is -2.23. The molecular formula is C19H26N2O6S. The fourth-order valence-corrected chi connectivity index (χ4v) is 3.58. The largest absolute Gasteiger partial charge is 0.456 e. The monoisotopic (exact) mass is 410 g/mol. The predicted octanol–water partition coefficient (Wildman–Crippen LogP) is 1.15. The third-order valence-electron chi connectivity index (χ3n) is 4.00. The van der Waals surface area contributed by atoms with Gasteiger partial charge in [-0.2, -0.15) is 0 Å². The van der Waals surface area contributed by atoms with Gasteiger partial charge in [-0.25, -0.2) is 13.1 Å². The molecule has 0 radical (unpaired) electrons. The number of hydrogen-bond acceptors (Lipinski definition) is 6. The number of rotatable bonds is 8. The van der Waals surface area contributed by atoms with Crippen LogP contribution in [0.5, 0.6) is 0 Å². The van der Waals surface area contributed by atoms with Crippen LogP contribution >= 0.6 is 0 Å². The first-order valence-corrected chi connectivity index (χ1v) is 10.6. The van der Waals surface area contributed by atoms with Crippen molar-refractivity contribution in [3.63, 3.8) is 0 Å². The molecule has 2 rings (SSSR count). The van der Waals surface area contributed by atoms with E-state index in [2.05, 4.69) is 4.72 Å². The van der Waals surface area contributed by atoms with Crippen LogP contribution in [-0.4, -0.2) is 63.6 Å². The quantitative estimate of drug-likeness (QED) is 0.645. The lowest BCUT2D eigenvalue weighted by molar-refractivity contribution is -0.157. The van der Waals surface area contributed by atoms with E-state index in [0.717, 1.165) is 11.0 Å². The van der Waals surface area contributed by atoms with Crippen LogP contribution < -0.4 is 4.72 Å². The molecule has 1 saturated heterocycles. The minimum atomic E-state index is -3.66. The van der Waals surface area contributed by atoms with E-state index in [1.807, 2.05) is 19.9 Å². The Morgan fingerprint density at radius 2 is 1.86 bits per heavy atom. The summed E-state index contributed by atoms with van der Waals surface area (Å²) in [6.45, 7) is 4.18. The van der Waals surface area contributed by atoms with Crippen LogP contribution in [0.2, 0.25) is 0 Å². The molecule has 0 bridgehead atoms. The first kappa shape index (κ1) is 22.1. The van der Waals surface area contributed by atoms with Crippen molar-refractivity contribution in [2.45, 2.75) is 32.5 Å². The maximum atomic E-state index is 12.1. The van der Waals surface area contributed by atoms with Crippen LogP contribution in [0.15, 0.2) is 35.7 Å². The van der Waals surface area contributed by atoms with Crippen molar-refractivity contribution in [1.82, 2.24) is 9.62 Å². The van der Waals surface area contributed by atoms with Gasteiger partial charge in [-0.1, -0.05) is 30.3 Å².